The van der Waals surface area contributed by atoms with Crippen molar-refractivity contribution in [1.82, 2.24) is 5.32 Å². The van der Waals surface area contributed by atoms with E-state index in [0.29, 0.717) is 6.54 Å². The lowest BCUT2D eigenvalue weighted by atomic mass is 10.1. The summed E-state index contributed by atoms with van der Waals surface area (Å²) >= 11 is 5.93. The SMILES string of the molecule is C[NH+](C)Cc1ccc(CNC(=O)Cc2c(F)cccc2Cl)cc1. The van der Waals surface area contributed by atoms with Gasteiger partial charge in [-0.25, -0.2) is 4.39 Å². The van der Waals surface area contributed by atoms with Gasteiger partial charge >= 0.3 is 0 Å². The fourth-order valence-electron chi connectivity index (χ4n) is 2.31. The number of hydrogen-bond acceptors (Lipinski definition) is 1. The maximum Gasteiger partial charge on any atom is 0.224 e. The third-order valence-electron chi connectivity index (χ3n) is 3.47. The largest absolute Gasteiger partial charge is 0.352 e. The number of benzene rings is 2. The van der Waals surface area contributed by atoms with Gasteiger partial charge < -0.3 is 10.2 Å². The van der Waals surface area contributed by atoms with E-state index in [1.807, 2.05) is 12.1 Å². The Hall–Kier alpha value is -1.91. The number of quaternary nitrogens is 1. The average molecular weight is 336 g/mol. The van der Waals surface area contributed by atoms with Crippen molar-refractivity contribution in [2.24, 2.45) is 0 Å². The van der Waals surface area contributed by atoms with Crippen molar-refractivity contribution in [3.05, 3.63) is 70.0 Å². The number of amides is 1. The van der Waals surface area contributed by atoms with Gasteiger partial charge in [0.15, 0.2) is 0 Å². The third-order valence-corrected chi connectivity index (χ3v) is 3.82. The standard InChI is InChI=1S/C18H20ClFN2O/c1-22(2)12-14-8-6-13(7-9-14)11-21-18(23)10-15-16(19)4-3-5-17(15)20/h3-9H,10-12H2,1-2H3,(H,21,23)/p+1. The molecular weight excluding hydrogens is 315 g/mol. The zero-order valence-electron chi connectivity index (χ0n) is 13.3. The van der Waals surface area contributed by atoms with Crippen molar-refractivity contribution in [1.29, 1.82) is 0 Å². The van der Waals surface area contributed by atoms with E-state index < -0.39 is 5.82 Å². The number of hydrogen-bond donors (Lipinski definition) is 2. The highest BCUT2D eigenvalue weighted by Gasteiger charge is 2.11. The zero-order valence-corrected chi connectivity index (χ0v) is 14.1. The number of carbonyl (C=O) groups excluding carboxylic acids is 1. The molecule has 2 aromatic rings. The van der Waals surface area contributed by atoms with Gasteiger partial charge in [-0.3, -0.25) is 4.79 Å². The van der Waals surface area contributed by atoms with E-state index in [0.717, 1.165) is 12.1 Å². The van der Waals surface area contributed by atoms with Crippen molar-refractivity contribution in [2.45, 2.75) is 19.5 Å². The molecule has 122 valence electrons. The minimum absolute atomic E-state index is 0.0619. The Labute approximate surface area is 141 Å². The Morgan fingerprint density at radius 2 is 1.78 bits per heavy atom. The molecule has 0 fully saturated rings. The van der Waals surface area contributed by atoms with Crippen LogP contribution in [0.1, 0.15) is 16.7 Å². The predicted octanol–water partition coefficient (Wildman–Crippen LogP) is 1.98. The van der Waals surface area contributed by atoms with Crippen LogP contribution in [-0.4, -0.2) is 20.0 Å². The van der Waals surface area contributed by atoms with Crippen LogP contribution in [0.4, 0.5) is 4.39 Å². The lowest BCUT2D eigenvalue weighted by molar-refractivity contribution is -0.872. The number of carbonyl (C=O) groups is 1. The summed E-state index contributed by atoms with van der Waals surface area (Å²) in [7, 11) is 4.20. The normalized spacial score (nSPS) is 10.8. The monoisotopic (exact) mass is 335 g/mol. The first-order valence-electron chi connectivity index (χ1n) is 7.52. The Bertz CT molecular complexity index is 651. The summed E-state index contributed by atoms with van der Waals surface area (Å²) in [6.07, 6.45) is -0.0619. The molecule has 3 nitrogen and oxygen atoms in total. The highest BCUT2D eigenvalue weighted by atomic mass is 35.5. The molecular formula is C18H21ClFN2O+. The van der Waals surface area contributed by atoms with Gasteiger partial charge in [-0.15, -0.1) is 0 Å². The van der Waals surface area contributed by atoms with Crippen LogP contribution in [0.25, 0.3) is 0 Å². The van der Waals surface area contributed by atoms with Crippen molar-refractivity contribution >= 4 is 17.5 Å². The molecule has 1 amide bonds. The summed E-state index contributed by atoms with van der Waals surface area (Å²) in [5.74, 6) is -0.706. The van der Waals surface area contributed by atoms with Crippen LogP contribution in [0.2, 0.25) is 5.02 Å². The summed E-state index contributed by atoms with van der Waals surface area (Å²) in [5, 5.41) is 3.07. The number of nitrogens with one attached hydrogen (secondary N) is 2. The van der Waals surface area contributed by atoms with Crippen molar-refractivity contribution in [2.75, 3.05) is 14.1 Å². The fourth-order valence-corrected chi connectivity index (χ4v) is 2.54. The highest BCUT2D eigenvalue weighted by Crippen LogP contribution is 2.19. The van der Waals surface area contributed by atoms with Crippen LogP contribution >= 0.6 is 11.6 Å². The molecule has 0 aromatic heterocycles. The molecule has 0 aliphatic rings. The fraction of sp³-hybridized carbons (Fsp3) is 0.278. The summed E-state index contributed by atoms with van der Waals surface area (Å²) in [4.78, 5) is 13.3. The topological polar surface area (TPSA) is 33.5 Å². The van der Waals surface area contributed by atoms with E-state index in [9.17, 15) is 9.18 Å². The molecule has 0 aliphatic carbocycles. The molecule has 23 heavy (non-hydrogen) atoms. The molecule has 0 aliphatic heterocycles. The predicted molar refractivity (Wildman–Crippen MR) is 89.9 cm³/mol. The molecule has 0 spiro atoms. The van der Waals surface area contributed by atoms with Gasteiger partial charge in [0.1, 0.15) is 12.4 Å². The van der Waals surface area contributed by atoms with E-state index in [-0.39, 0.29) is 22.9 Å². The first kappa shape index (κ1) is 17.4. The minimum Gasteiger partial charge on any atom is -0.352 e. The van der Waals surface area contributed by atoms with Gasteiger partial charge in [-0.1, -0.05) is 41.9 Å². The second-order valence-electron chi connectivity index (χ2n) is 5.85. The van der Waals surface area contributed by atoms with Crippen LogP contribution in [0.15, 0.2) is 42.5 Å². The Kier molecular flexibility index (Phi) is 6.13. The molecule has 0 unspecified atom stereocenters. The molecule has 0 atom stereocenters. The first-order chi connectivity index (χ1) is 11.0. The van der Waals surface area contributed by atoms with Crippen LogP contribution in [0.5, 0.6) is 0 Å². The van der Waals surface area contributed by atoms with E-state index in [1.54, 1.807) is 6.07 Å². The van der Waals surface area contributed by atoms with E-state index >= 15 is 0 Å². The lowest BCUT2D eigenvalue weighted by Crippen LogP contribution is -3.04. The van der Waals surface area contributed by atoms with E-state index in [2.05, 4.69) is 31.5 Å². The maximum atomic E-state index is 13.7. The van der Waals surface area contributed by atoms with Crippen molar-refractivity contribution in [3.63, 3.8) is 0 Å². The van der Waals surface area contributed by atoms with Gasteiger partial charge in [0.05, 0.1) is 20.5 Å². The van der Waals surface area contributed by atoms with Gasteiger partial charge in [-0.05, 0) is 17.7 Å². The molecule has 2 N–H and O–H groups in total. The summed E-state index contributed by atoms with van der Waals surface area (Å²) in [5.41, 5.74) is 2.49. The second kappa shape index (κ2) is 8.09. The Balaban J connectivity index is 1.89. The quantitative estimate of drug-likeness (QED) is 0.831. The third kappa shape index (κ3) is 5.34. The van der Waals surface area contributed by atoms with Crippen LogP contribution in [-0.2, 0) is 24.3 Å². The highest BCUT2D eigenvalue weighted by molar-refractivity contribution is 6.31. The lowest BCUT2D eigenvalue weighted by Gasteiger charge is -2.09. The summed E-state index contributed by atoms with van der Waals surface area (Å²) in [6.45, 7) is 1.37. The molecule has 0 saturated heterocycles. The maximum absolute atomic E-state index is 13.7. The smallest absolute Gasteiger partial charge is 0.224 e. The Morgan fingerprint density at radius 1 is 1.13 bits per heavy atom. The van der Waals surface area contributed by atoms with Crippen LogP contribution in [0, 0.1) is 5.82 Å². The molecule has 2 aromatic carbocycles. The summed E-state index contributed by atoms with van der Waals surface area (Å²) < 4.78 is 13.7. The minimum atomic E-state index is -0.455. The van der Waals surface area contributed by atoms with Gasteiger partial charge in [0.2, 0.25) is 5.91 Å². The zero-order chi connectivity index (χ0) is 16.8. The molecule has 0 bridgehead atoms. The van der Waals surface area contributed by atoms with Crippen LogP contribution in [0.3, 0.4) is 0 Å². The molecule has 0 radical (unpaired) electrons. The van der Waals surface area contributed by atoms with Gasteiger partial charge in [-0.2, -0.15) is 0 Å². The van der Waals surface area contributed by atoms with E-state index in [4.69, 9.17) is 11.6 Å². The van der Waals surface area contributed by atoms with Crippen molar-refractivity contribution < 1.29 is 14.1 Å². The van der Waals surface area contributed by atoms with Gasteiger partial charge in [0, 0.05) is 22.7 Å². The molecule has 0 saturated carbocycles. The molecule has 0 heterocycles. The second-order valence-corrected chi connectivity index (χ2v) is 6.26. The number of rotatable bonds is 6. The number of halogens is 2. The Morgan fingerprint density at radius 3 is 2.39 bits per heavy atom. The molecule has 2 rings (SSSR count). The first-order valence-corrected chi connectivity index (χ1v) is 7.90. The van der Waals surface area contributed by atoms with Gasteiger partial charge in [0.25, 0.3) is 0 Å². The summed E-state index contributed by atoms with van der Waals surface area (Å²) in [6, 6.07) is 12.5. The average Bonchev–Trinajstić information content (AvgIpc) is 2.50. The van der Waals surface area contributed by atoms with Crippen LogP contribution < -0.4 is 10.2 Å². The van der Waals surface area contributed by atoms with E-state index in [1.165, 1.54) is 22.6 Å². The molecule has 5 heteroatoms. The van der Waals surface area contributed by atoms with Crippen molar-refractivity contribution in [3.8, 4) is 0 Å².